The molecule has 154 valence electrons. The van der Waals surface area contributed by atoms with Crippen LogP contribution in [0.4, 0.5) is 5.82 Å². The second kappa shape index (κ2) is 9.13. The van der Waals surface area contributed by atoms with Crippen molar-refractivity contribution in [3.63, 3.8) is 0 Å². The lowest BCUT2D eigenvalue weighted by molar-refractivity contribution is -0.113. The molecule has 0 fully saturated rings. The zero-order chi connectivity index (χ0) is 21.1. The Labute approximate surface area is 184 Å². The lowest BCUT2D eigenvalue weighted by atomic mass is 9.94. The number of amides is 1. The number of allylic oxidation sites excluding steroid dienone is 1. The Bertz CT molecular complexity index is 976. The van der Waals surface area contributed by atoms with E-state index in [9.17, 15) is 4.79 Å². The van der Waals surface area contributed by atoms with Gasteiger partial charge in [0.1, 0.15) is 5.76 Å². The largest absolute Gasteiger partial charge is 0.383 e. The van der Waals surface area contributed by atoms with Crippen LogP contribution in [0.3, 0.4) is 0 Å². The molecular formula is C19H20Cl2N4O3S. The summed E-state index contributed by atoms with van der Waals surface area (Å²) in [7, 11) is 1.61. The molecule has 1 aromatic carbocycles. The number of halogens is 2. The summed E-state index contributed by atoms with van der Waals surface area (Å²) in [6.07, 6.45) is 0. The Morgan fingerprint density at radius 2 is 2.14 bits per heavy atom. The second-order valence-corrected chi connectivity index (χ2v) is 7.70. The number of hydrogen-bond donors (Lipinski definition) is 2. The summed E-state index contributed by atoms with van der Waals surface area (Å²) in [6, 6.07) is 6.21. The number of nitrogens with one attached hydrogen (secondary N) is 2. The van der Waals surface area contributed by atoms with E-state index < -0.39 is 6.04 Å². The van der Waals surface area contributed by atoms with E-state index in [2.05, 4.69) is 15.8 Å². The summed E-state index contributed by atoms with van der Waals surface area (Å²) in [5.74, 6) is 0.572. The van der Waals surface area contributed by atoms with Crippen LogP contribution in [0.1, 0.15) is 24.3 Å². The normalized spacial score (nSPS) is 16.8. The minimum absolute atomic E-state index is 0.324. The zero-order valence-electron chi connectivity index (χ0n) is 16.1. The third kappa shape index (κ3) is 4.72. The number of carbonyl (C=O) groups is 1. The Hall–Kier alpha value is -2.13. The topological polar surface area (TPSA) is 79.6 Å². The van der Waals surface area contributed by atoms with Gasteiger partial charge in [-0.15, -0.1) is 0 Å². The third-order valence-corrected chi connectivity index (χ3v) is 5.40. The number of methoxy groups -OCH3 is 1. The summed E-state index contributed by atoms with van der Waals surface area (Å²) in [4.78, 5) is 15.0. The molecule has 2 aromatic rings. The maximum Gasteiger partial charge on any atom is 0.257 e. The number of thiocarbonyl (C=S) groups is 1. The van der Waals surface area contributed by atoms with Gasteiger partial charge in [-0.2, -0.15) is 0 Å². The molecule has 3 rings (SSSR count). The summed E-state index contributed by atoms with van der Waals surface area (Å²) < 4.78 is 10.2. The summed E-state index contributed by atoms with van der Waals surface area (Å²) >= 11 is 18.0. The van der Waals surface area contributed by atoms with Crippen molar-refractivity contribution in [1.82, 2.24) is 15.4 Å². The standard InChI is InChI=1S/C19H20Cl2N4O3S/c1-10-8-15(24-28-10)22-18(26)16-11(2)25(6-7-27-3)19(29)23-17(16)13-5-4-12(20)9-14(13)21/h4-5,8-9,17H,6-7H2,1-3H3,(H,23,29)(H,22,24,26)/t17-/m0/s1. The number of carbonyl (C=O) groups excluding carboxylic acids is 1. The van der Waals surface area contributed by atoms with E-state index in [4.69, 9.17) is 44.7 Å². The van der Waals surface area contributed by atoms with Gasteiger partial charge in [0.05, 0.1) is 18.2 Å². The first-order valence-corrected chi connectivity index (χ1v) is 9.95. The van der Waals surface area contributed by atoms with Gasteiger partial charge in [0, 0.05) is 35.5 Å². The van der Waals surface area contributed by atoms with Gasteiger partial charge >= 0.3 is 0 Å². The summed E-state index contributed by atoms with van der Waals surface area (Å²) in [5.41, 5.74) is 1.84. The molecule has 1 amide bonds. The highest BCUT2D eigenvalue weighted by Gasteiger charge is 2.35. The van der Waals surface area contributed by atoms with Gasteiger partial charge in [0.15, 0.2) is 10.9 Å². The van der Waals surface area contributed by atoms with Crippen LogP contribution in [0, 0.1) is 6.92 Å². The lowest BCUT2D eigenvalue weighted by Gasteiger charge is -2.38. The zero-order valence-corrected chi connectivity index (χ0v) is 18.4. The minimum Gasteiger partial charge on any atom is -0.383 e. The Morgan fingerprint density at radius 3 is 2.76 bits per heavy atom. The van der Waals surface area contributed by atoms with E-state index >= 15 is 0 Å². The van der Waals surface area contributed by atoms with Crippen molar-refractivity contribution in [2.24, 2.45) is 0 Å². The van der Waals surface area contributed by atoms with Gasteiger partial charge in [-0.25, -0.2) is 0 Å². The molecule has 0 radical (unpaired) electrons. The molecule has 0 saturated heterocycles. The van der Waals surface area contributed by atoms with E-state index in [0.717, 1.165) is 0 Å². The molecule has 0 spiro atoms. The van der Waals surface area contributed by atoms with E-state index in [1.54, 1.807) is 38.3 Å². The Morgan fingerprint density at radius 1 is 1.38 bits per heavy atom. The van der Waals surface area contributed by atoms with Crippen molar-refractivity contribution in [2.45, 2.75) is 19.9 Å². The fourth-order valence-electron chi connectivity index (χ4n) is 3.11. The van der Waals surface area contributed by atoms with E-state index in [1.165, 1.54) is 0 Å². The molecule has 1 aliphatic heterocycles. The van der Waals surface area contributed by atoms with E-state index in [-0.39, 0.29) is 5.91 Å². The van der Waals surface area contributed by atoms with Crippen LogP contribution in [-0.2, 0) is 9.53 Å². The maximum absolute atomic E-state index is 13.2. The van der Waals surface area contributed by atoms with Crippen LogP contribution in [0.25, 0.3) is 0 Å². The molecule has 2 heterocycles. The minimum atomic E-state index is -0.556. The smallest absolute Gasteiger partial charge is 0.257 e. The first kappa shape index (κ1) is 21.6. The molecule has 1 atom stereocenters. The first-order valence-electron chi connectivity index (χ1n) is 8.79. The first-order chi connectivity index (χ1) is 13.8. The molecule has 0 bridgehead atoms. The van der Waals surface area contributed by atoms with Crippen LogP contribution < -0.4 is 10.6 Å². The Balaban J connectivity index is 2.04. The highest BCUT2D eigenvalue weighted by atomic mass is 35.5. The summed E-state index contributed by atoms with van der Waals surface area (Å²) in [5, 5.41) is 11.2. The van der Waals surface area contributed by atoms with Crippen LogP contribution in [0.5, 0.6) is 0 Å². The molecule has 0 unspecified atom stereocenters. The molecule has 1 aliphatic rings. The fraction of sp³-hybridized carbons (Fsp3) is 0.316. The molecule has 0 saturated carbocycles. The van der Waals surface area contributed by atoms with Gasteiger partial charge in [-0.3, -0.25) is 4.79 Å². The number of benzene rings is 1. The van der Waals surface area contributed by atoms with Crippen LogP contribution in [0.15, 0.2) is 40.1 Å². The molecule has 1 aromatic heterocycles. The fourth-order valence-corrected chi connectivity index (χ4v) is 3.97. The number of rotatable bonds is 6. The van der Waals surface area contributed by atoms with Crippen molar-refractivity contribution in [3.05, 3.63) is 56.9 Å². The number of ether oxygens (including phenoxy) is 1. The van der Waals surface area contributed by atoms with Gasteiger partial charge in [-0.05, 0) is 43.8 Å². The average Bonchev–Trinajstić information content (AvgIpc) is 3.05. The molecule has 10 heteroatoms. The van der Waals surface area contributed by atoms with Crippen molar-refractivity contribution in [1.29, 1.82) is 0 Å². The SMILES string of the molecule is COCCN1C(=S)N[C@@H](c2ccc(Cl)cc2Cl)C(C(=O)Nc2cc(C)on2)=C1C. The predicted octanol–water partition coefficient (Wildman–Crippen LogP) is 4.08. The average molecular weight is 455 g/mol. The van der Waals surface area contributed by atoms with Crippen molar-refractivity contribution in [3.8, 4) is 0 Å². The van der Waals surface area contributed by atoms with Crippen LogP contribution in [0.2, 0.25) is 10.0 Å². The Kier molecular flexibility index (Phi) is 6.79. The monoisotopic (exact) mass is 454 g/mol. The maximum atomic E-state index is 13.2. The third-order valence-electron chi connectivity index (χ3n) is 4.50. The number of nitrogens with zero attached hydrogens (tertiary/aromatic N) is 2. The number of anilines is 1. The van der Waals surface area contributed by atoms with Gasteiger partial charge < -0.3 is 24.8 Å². The van der Waals surface area contributed by atoms with E-state index in [0.29, 0.717) is 56.7 Å². The number of aromatic nitrogens is 1. The summed E-state index contributed by atoms with van der Waals surface area (Å²) in [6.45, 7) is 4.52. The molecule has 7 nitrogen and oxygen atoms in total. The molecule has 29 heavy (non-hydrogen) atoms. The molecular weight excluding hydrogens is 435 g/mol. The van der Waals surface area contributed by atoms with Crippen molar-refractivity contribution in [2.75, 3.05) is 25.6 Å². The van der Waals surface area contributed by atoms with Crippen LogP contribution >= 0.6 is 35.4 Å². The van der Waals surface area contributed by atoms with Gasteiger partial charge in [0.2, 0.25) is 0 Å². The highest BCUT2D eigenvalue weighted by Crippen LogP contribution is 2.35. The highest BCUT2D eigenvalue weighted by molar-refractivity contribution is 7.80. The predicted molar refractivity (Wildman–Crippen MR) is 116 cm³/mol. The molecule has 2 N–H and O–H groups in total. The molecule has 0 aliphatic carbocycles. The lowest BCUT2D eigenvalue weighted by Crippen LogP contribution is -2.49. The van der Waals surface area contributed by atoms with Crippen LogP contribution in [-0.4, -0.2) is 41.3 Å². The number of aryl methyl sites for hydroxylation is 1. The van der Waals surface area contributed by atoms with Crippen molar-refractivity contribution < 1.29 is 14.1 Å². The second-order valence-electron chi connectivity index (χ2n) is 6.47. The number of hydrogen-bond acceptors (Lipinski definition) is 5. The van der Waals surface area contributed by atoms with Gasteiger partial charge in [0.25, 0.3) is 5.91 Å². The van der Waals surface area contributed by atoms with E-state index in [1.807, 2.05) is 11.8 Å². The quantitative estimate of drug-likeness (QED) is 0.636. The van der Waals surface area contributed by atoms with Gasteiger partial charge in [-0.1, -0.05) is 34.4 Å². The van der Waals surface area contributed by atoms with Crippen molar-refractivity contribution >= 4 is 52.3 Å².